The van der Waals surface area contributed by atoms with E-state index in [9.17, 15) is 9.90 Å². The molecule has 3 atom stereocenters. The molecule has 0 aliphatic heterocycles. The van der Waals surface area contributed by atoms with Crippen LogP contribution in [0.25, 0.3) is 0 Å². The van der Waals surface area contributed by atoms with E-state index in [1.165, 1.54) is 6.92 Å². The third kappa shape index (κ3) is 3.85. The van der Waals surface area contributed by atoms with E-state index in [0.29, 0.717) is 6.54 Å². The highest BCUT2D eigenvalue weighted by Gasteiger charge is 2.26. The van der Waals surface area contributed by atoms with Crippen LogP contribution in [0, 0.1) is 5.41 Å². The number of rotatable bonds is 5. The van der Waals surface area contributed by atoms with Gasteiger partial charge in [0.15, 0.2) is 6.10 Å². The van der Waals surface area contributed by atoms with Crippen LogP contribution in [-0.2, 0) is 9.53 Å². The fourth-order valence-electron chi connectivity index (χ4n) is 1.65. The molecule has 5 heteroatoms. The Morgan fingerprint density at radius 1 is 1.61 bits per heavy atom. The van der Waals surface area contributed by atoms with Crippen LogP contribution in [0.2, 0.25) is 0 Å². The van der Waals surface area contributed by atoms with Crippen molar-refractivity contribution in [3.8, 4) is 0 Å². The van der Waals surface area contributed by atoms with Crippen LogP contribution in [0.15, 0.2) is 24.0 Å². The normalized spacial score (nSPS) is 26.2. The maximum atomic E-state index is 11.5. The summed E-state index contributed by atoms with van der Waals surface area (Å²) in [6.45, 7) is 3.78. The fourth-order valence-corrected chi connectivity index (χ4v) is 1.65. The molecule has 0 bridgehead atoms. The van der Waals surface area contributed by atoms with Gasteiger partial charge in [0, 0.05) is 12.0 Å². The van der Waals surface area contributed by atoms with Crippen molar-refractivity contribution in [1.29, 1.82) is 0 Å². The van der Waals surface area contributed by atoms with Crippen LogP contribution < -0.4 is 5.32 Å². The van der Waals surface area contributed by atoms with Gasteiger partial charge in [-0.1, -0.05) is 13.0 Å². The molecule has 2 unspecified atom stereocenters. The van der Waals surface area contributed by atoms with E-state index in [1.807, 2.05) is 25.2 Å². The van der Waals surface area contributed by atoms with Gasteiger partial charge in [0.2, 0.25) is 0 Å². The molecule has 0 aromatic heterocycles. The van der Waals surface area contributed by atoms with Crippen molar-refractivity contribution < 1.29 is 19.7 Å². The smallest absolute Gasteiger partial charge is 0.251 e. The zero-order chi connectivity index (χ0) is 13.8. The number of ether oxygens (including phenoxy) is 1. The molecule has 0 aromatic carbocycles. The van der Waals surface area contributed by atoms with Gasteiger partial charge in [0.25, 0.3) is 5.91 Å². The first-order chi connectivity index (χ1) is 8.38. The highest BCUT2D eigenvalue weighted by atomic mass is 16.5. The molecule has 1 amide bonds. The lowest BCUT2D eigenvalue weighted by Gasteiger charge is -2.28. The molecular formula is C13H21NO4. The molecule has 1 aliphatic carbocycles. The summed E-state index contributed by atoms with van der Waals surface area (Å²) in [7, 11) is 1.61. The summed E-state index contributed by atoms with van der Waals surface area (Å²) in [6, 6.07) is 0. The minimum absolute atomic E-state index is 0.198. The number of aliphatic hydroxyl groups excluding tert-OH is 2. The van der Waals surface area contributed by atoms with Crippen molar-refractivity contribution in [2.24, 2.45) is 5.41 Å². The lowest BCUT2D eigenvalue weighted by molar-refractivity contribution is -0.134. The maximum absolute atomic E-state index is 11.5. The number of methoxy groups -OCH3 is 1. The Morgan fingerprint density at radius 3 is 2.72 bits per heavy atom. The molecule has 0 saturated heterocycles. The Hall–Kier alpha value is -1.33. The predicted molar refractivity (Wildman–Crippen MR) is 67.7 cm³/mol. The summed E-state index contributed by atoms with van der Waals surface area (Å²) in [6.07, 6.45) is 4.09. The summed E-state index contributed by atoms with van der Waals surface area (Å²) >= 11 is 0. The molecule has 0 fully saturated rings. The molecule has 18 heavy (non-hydrogen) atoms. The number of allylic oxidation sites excluding steroid dienone is 2. The van der Waals surface area contributed by atoms with Crippen molar-refractivity contribution in [2.45, 2.75) is 32.5 Å². The van der Waals surface area contributed by atoms with Gasteiger partial charge in [0.1, 0.15) is 5.76 Å². The Balaban J connectivity index is 2.48. The summed E-state index contributed by atoms with van der Waals surface area (Å²) in [4.78, 5) is 11.5. The minimum Gasteiger partial charge on any atom is -0.497 e. The number of carbonyl (C=O) groups excluding carboxylic acids is 1. The van der Waals surface area contributed by atoms with E-state index in [1.54, 1.807) is 7.11 Å². The Kier molecular flexibility index (Phi) is 4.93. The quantitative estimate of drug-likeness (QED) is 0.662. The Labute approximate surface area is 107 Å². The van der Waals surface area contributed by atoms with Gasteiger partial charge in [-0.25, -0.2) is 0 Å². The Bertz CT molecular complexity index is 362. The van der Waals surface area contributed by atoms with Crippen LogP contribution in [0.5, 0.6) is 0 Å². The molecular weight excluding hydrogens is 234 g/mol. The second-order valence-corrected chi connectivity index (χ2v) is 4.91. The number of nitrogens with one attached hydrogen (secondary N) is 1. The second kappa shape index (κ2) is 6.02. The minimum atomic E-state index is -1.38. The molecule has 1 aliphatic rings. The van der Waals surface area contributed by atoms with Crippen molar-refractivity contribution in [1.82, 2.24) is 5.32 Å². The van der Waals surface area contributed by atoms with Gasteiger partial charge < -0.3 is 20.3 Å². The summed E-state index contributed by atoms with van der Waals surface area (Å²) in [5.74, 6) is 0.254. The van der Waals surface area contributed by atoms with Crippen LogP contribution in [0.1, 0.15) is 20.3 Å². The number of hydrogen-bond acceptors (Lipinski definition) is 4. The highest BCUT2D eigenvalue weighted by molar-refractivity contribution is 5.81. The molecule has 1 rings (SSSR count). The lowest BCUT2D eigenvalue weighted by Crippen LogP contribution is -2.44. The number of aliphatic hydroxyl groups is 2. The van der Waals surface area contributed by atoms with Gasteiger partial charge >= 0.3 is 0 Å². The molecule has 5 nitrogen and oxygen atoms in total. The third-order valence-corrected chi connectivity index (χ3v) is 3.05. The molecule has 0 spiro atoms. The fraction of sp³-hybridized carbons (Fsp3) is 0.615. The van der Waals surface area contributed by atoms with E-state index >= 15 is 0 Å². The van der Waals surface area contributed by atoms with Crippen LogP contribution in [-0.4, -0.2) is 42.0 Å². The van der Waals surface area contributed by atoms with Gasteiger partial charge in [-0.15, -0.1) is 0 Å². The van der Waals surface area contributed by atoms with E-state index in [2.05, 4.69) is 5.32 Å². The van der Waals surface area contributed by atoms with Gasteiger partial charge in [-0.2, -0.15) is 0 Å². The first-order valence-electron chi connectivity index (χ1n) is 5.95. The van der Waals surface area contributed by atoms with Crippen molar-refractivity contribution >= 4 is 5.91 Å². The summed E-state index contributed by atoms with van der Waals surface area (Å²) in [5.41, 5.74) is -0.198. The monoisotopic (exact) mass is 255 g/mol. The predicted octanol–water partition coefficient (Wildman–Crippen LogP) is 0.341. The van der Waals surface area contributed by atoms with Gasteiger partial charge in [-0.3, -0.25) is 4.79 Å². The zero-order valence-electron chi connectivity index (χ0n) is 11.0. The van der Waals surface area contributed by atoms with Crippen molar-refractivity contribution in [2.75, 3.05) is 13.7 Å². The van der Waals surface area contributed by atoms with Gasteiger partial charge in [-0.05, 0) is 25.5 Å². The molecule has 3 N–H and O–H groups in total. The molecule has 0 radical (unpaired) electrons. The lowest BCUT2D eigenvalue weighted by atomic mass is 9.83. The average molecular weight is 255 g/mol. The van der Waals surface area contributed by atoms with Crippen LogP contribution in [0.4, 0.5) is 0 Å². The average Bonchev–Trinajstić information content (AvgIpc) is 2.36. The number of carbonyl (C=O) groups is 1. The van der Waals surface area contributed by atoms with Gasteiger partial charge in [0.05, 0.1) is 13.2 Å². The first-order valence-corrected chi connectivity index (χ1v) is 5.95. The zero-order valence-corrected chi connectivity index (χ0v) is 11.0. The second-order valence-electron chi connectivity index (χ2n) is 4.91. The third-order valence-electron chi connectivity index (χ3n) is 3.05. The molecule has 0 aromatic rings. The van der Waals surface area contributed by atoms with Crippen LogP contribution >= 0.6 is 0 Å². The number of amides is 1. The number of hydrogen-bond donors (Lipinski definition) is 3. The SMILES string of the molecule is COC1=CCC(C)(CNC(=O)C(O)[C@H](C)O)C=C1. The molecule has 0 heterocycles. The van der Waals surface area contributed by atoms with E-state index in [0.717, 1.165) is 12.2 Å². The summed E-state index contributed by atoms with van der Waals surface area (Å²) < 4.78 is 5.09. The van der Waals surface area contributed by atoms with Crippen LogP contribution in [0.3, 0.4) is 0 Å². The maximum Gasteiger partial charge on any atom is 0.251 e. The van der Waals surface area contributed by atoms with Crippen molar-refractivity contribution in [3.63, 3.8) is 0 Å². The molecule has 0 saturated carbocycles. The topological polar surface area (TPSA) is 78.8 Å². The first kappa shape index (κ1) is 14.7. The summed E-state index contributed by atoms with van der Waals surface area (Å²) in [5, 5.41) is 21.1. The van der Waals surface area contributed by atoms with E-state index < -0.39 is 18.1 Å². The standard InChI is InChI=1S/C13H21NO4/c1-9(15)11(16)12(17)14-8-13(2)6-4-10(18-3)5-7-13/h4-6,9,11,15-16H,7-8H2,1-3H3,(H,14,17)/t9-,11?,13?/m0/s1. The largest absolute Gasteiger partial charge is 0.497 e. The highest BCUT2D eigenvalue weighted by Crippen LogP contribution is 2.28. The Morgan fingerprint density at radius 2 is 2.28 bits per heavy atom. The van der Waals surface area contributed by atoms with Crippen molar-refractivity contribution in [3.05, 3.63) is 24.0 Å². The van der Waals surface area contributed by atoms with E-state index in [-0.39, 0.29) is 5.41 Å². The van der Waals surface area contributed by atoms with E-state index in [4.69, 9.17) is 9.84 Å². The molecule has 102 valence electrons.